The summed E-state index contributed by atoms with van der Waals surface area (Å²) in [6.45, 7) is 5.79. The van der Waals surface area contributed by atoms with Crippen molar-refractivity contribution in [3.05, 3.63) is 0 Å². The van der Waals surface area contributed by atoms with E-state index >= 15 is 0 Å². The summed E-state index contributed by atoms with van der Waals surface area (Å²) in [5, 5.41) is 8.37. The minimum absolute atomic E-state index is 0. The van der Waals surface area contributed by atoms with Crippen molar-refractivity contribution in [2.45, 2.75) is 33.2 Å². The lowest BCUT2D eigenvalue weighted by molar-refractivity contribution is -0.138. The molecule has 0 aliphatic carbocycles. The number of hydrogen-bond acceptors (Lipinski definition) is 2. The minimum Gasteiger partial charge on any atom is -0.481 e. The molecule has 0 amide bonds. The first-order valence-corrected chi connectivity index (χ1v) is 3.31. The molecule has 0 aliphatic heterocycles. The number of aliphatic carboxylic acids is 1. The van der Waals surface area contributed by atoms with E-state index in [1.165, 1.54) is 0 Å². The molecule has 4 heteroatoms. The Morgan fingerprint density at radius 3 is 2.00 bits per heavy atom. The van der Waals surface area contributed by atoms with Gasteiger partial charge in [0.15, 0.2) is 0 Å². The maximum Gasteiger partial charge on any atom is 0.304 e. The van der Waals surface area contributed by atoms with Crippen LogP contribution in [0.2, 0.25) is 0 Å². The molecule has 3 nitrogen and oxygen atoms in total. The molecule has 0 saturated heterocycles. The number of carbonyl (C=O) groups is 1. The first kappa shape index (κ1) is 13.3. The monoisotopic (exact) mass is 181 g/mol. The molecule has 0 rings (SSSR count). The van der Waals surface area contributed by atoms with E-state index in [2.05, 4.69) is 0 Å². The van der Waals surface area contributed by atoms with Crippen molar-refractivity contribution in [3.63, 3.8) is 0 Å². The standard InChI is InChI=1S/C7H15NO2.ClH/c1-7(2,3)5(8)4-6(9)10;/h5H,4,8H2,1-3H3,(H,9,10);1H/t5-;/m1./s1. The van der Waals surface area contributed by atoms with E-state index in [0.717, 1.165) is 0 Å². The second kappa shape index (κ2) is 4.57. The molecule has 0 aromatic heterocycles. The quantitative estimate of drug-likeness (QED) is 0.674. The summed E-state index contributed by atoms with van der Waals surface area (Å²) in [4.78, 5) is 10.2. The molecule has 0 aromatic rings. The van der Waals surface area contributed by atoms with Crippen LogP contribution in [-0.2, 0) is 4.79 Å². The van der Waals surface area contributed by atoms with Crippen molar-refractivity contribution in [1.82, 2.24) is 0 Å². The van der Waals surface area contributed by atoms with Gasteiger partial charge in [0.1, 0.15) is 0 Å². The molecular weight excluding hydrogens is 166 g/mol. The van der Waals surface area contributed by atoms with E-state index in [1.54, 1.807) is 0 Å². The molecular formula is C7H16ClNO2. The lowest BCUT2D eigenvalue weighted by Gasteiger charge is -2.25. The van der Waals surface area contributed by atoms with E-state index in [-0.39, 0.29) is 30.3 Å². The molecule has 0 aliphatic rings. The van der Waals surface area contributed by atoms with Crippen LogP contribution in [0.25, 0.3) is 0 Å². The first-order valence-electron chi connectivity index (χ1n) is 3.31. The maximum atomic E-state index is 10.2. The predicted octanol–water partition coefficient (Wildman–Crippen LogP) is 1.26. The highest BCUT2D eigenvalue weighted by molar-refractivity contribution is 5.85. The molecule has 1 atom stereocenters. The van der Waals surface area contributed by atoms with Crippen molar-refractivity contribution >= 4 is 18.4 Å². The van der Waals surface area contributed by atoms with Gasteiger partial charge in [-0.15, -0.1) is 12.4 Å². The molecule has 0 saturated carbocycles. The first-order chi connectivity index (χ1) is 4.34. The highest BCUT2D eigenvalue weighted by atomic mass is 35.5. The van der Waals surface area contributed by atoms with Crippen molar-refractivity contribution in [2.24, 2.45) is 11.1 Å². The van der Waals surface area contributed by atoms with Crippen LogP contribution in [0.3, 0.4) is 0 Å². The Kier molecular flexibility index (Phi) is 5.53. The second-order valence-electron chi connectivity index (χ2n) is 3.57. The molecule has 0 spiro atoms. The number of halogens is 1. The number of rotatable bonds is 2. The van der Waals surface area contributed by atoms with E-state index in [0.29, 0.717) is 0 Å². The molecule has 3 N–H and O–H groups in total. The summed E-state index contributed by atoms with van der Waals surface area (Å²) in [5.41, 5.74) is 5.46. The van der Waals surface area contributed by atoms with Crippen LogP contribution < -0.4 is 5.73 Å². The number of carboxylic acid groups (broad SMARTS) is 1. The van der Waals surface area contributed by atoms with Crippen molar-refractivity contribution in [3.8, 4) is 0 Å². The zero-order valence-corrected chi connectivity index (χ0v) is 7.94. The van der Waals surface area contributed by atoms with E-state index in [1.807, 2.05) is 20.8 Å². The third-order valence-electron chi connectivity index (χ3n) is 1.51. The van der Waals surface area contributed by atoms with Crippen molar-refractivity contribution in [1.29, 1.82) is 0 Å². The highest BCUT2D eigenvalue weighted by Crippen LogP contribution is 2.19. The van der Waals surface area contributed by atoms with Crippen LogP contribution in [0.1, 0.15) is 27.2 Å². The third kappa shape index (κ3) is 6.13. The van der Waals surface area contributed by atoms with Gasteiger partial charge in [0.05, 0.1) is 6.42 Å². The number of carboxylic acids is 1. The fourth-order valence-electron chi connectivity index (χ4n) is 0.494. The van der Waals surface area contributed by atoms with Gasteiger partial charge in [0.2, 0.25) is 0 Å². The zero-order valence-electron chi connectivity index (χ0n) is 7.13. The lowest BCUT2D eigenvalue weighted by atomic mass is 9.86. The van der Waals surface area contributed by atoms with Gasteiger partial charge < -0.3 is 10.8 Å². The van der Waals surface area contributed by atoms with E-state index in [4.69, 9.17) is 10.8 Å². The number of hydrogen-bond donors (Lipinski definition) is 2. The fourth-order valence-corrected chi connectivity index (χ4v) is 0.494. The molecule has 11 heavy (non-hydrogen) atoms. The summed E-state index contributed by atoms with van der Waals surface area (Å²) in [6, 6.07) is -0.259. The molecule has 0 fully saturated rings. The largest absolute Gasteiger partial charge is 0.481 e. The fraction of sp³-hybridized carbons (Fsp3) is 0.857. The number of nitrogens with two attached hydrogens (primary N) is 1. The van der Waals surface area contributed by atoms with Crippen LogP contribution in [0.15, 0.2) is 0 Å². The Hall–Kier alpha value is -0.280. The summed E-state index contributed by atoms with van der Waals surface area (Å²) < 4.78 is 0. The molecule has 0 heterocycles. The summed E-state index contributed by atoms with van der Waals surface area (Å²) in [5.74, 6) is -0.831. The molecule has 0 radical (unpaired) electrons. The zero-order chi connectivity index (χ0) is 8.36. The SMILES string of the molecule is CC(C)(C)[C@H](N)CC(=O)O.Cl. The van der Waals surface area contributed by atoms with E-state index < -0.39 is 5.97 Å². The van der Waals surface area contributed by atoms with Gasteiger partial charge in [0, 0.05) is 6.04 Å². The normalized spacial score (nSPS) is 13.5. The summed E-state index contributed by atoms with van der Waals surface area (Å²) >= 11 is 0. The summed E-state index contributed by atoms with van der Waals surface area (Å²) in [6.07, 6.45) is 0.0451. The van der Waals surface area contributed by atoms with E-state index in [9.17, 15) is 4.79 Å². The van der Waals surface area contributed by atoms with Crippen LogP contribution in [0, 0.1) is 5.41 Å². The molecule has 68 valence electrons. The van der Waals surface area contributed by atoms with Crippen molar-refractivity contribution < 1.29 is 9.90 Å². The second-order valence-corrected chi connectivity index (χ2v) is 3.57. The van der Waals surface area contributed by atoms with Gasteiger partial charge in [-0.3, -0.25) is 4.79 Å². The van der Waals surface area contributed by atoms with Crippen LogP contribution >= 0.6 is 12.4 Å². The molecule has 0 unspecified atom stereocenters. The van der Waals surface area contributed by atoms with Gasteiger partial charge in [0.25, 0.3) is 0 Å². The maximum absolute atomic E-state index is 10.2. The van der Waals surface area contributed by atoms with Crippen LogP contribution in [-0.4, -0.2) is 17.1 Å². The Morgan fingerprint density at radius 2 is 1.91 bits per heavy atom. The van der Waals surface area contributed by atoms with Crippen LogP contribution in [0.4, 0.5) is 0 Å². The van der Waals surface area contributed by atoms with Gasteiger partial charge >= 0.3 is 5.97 Å². The Morgan fingerprint density at radius 1 is 1.55 bits per heavy atom. The topological polar surface area (TPSA) is 63.3 Å². The average molecular weight is 182 g/mol. The highest BCUT2D eigenvalue weighted by Gasteiger charge is 2.22. The third-order valence-corrected chi connectivity index (χ3v) is 1.51. The Bertz CT molecular complexity index is 131. The molecule has 0 aromatic carbocycles. The Labute approximate surface area is 73.4 Å². The van der Waals surface area contributed by atoms with Crippen molar-refractivity contribution in [2.75, 3.05) is 0 Å². The summed E-state index contributed by atoms with van der Waals surface area (Å²) in [7, 11) is 0. The van der Waals surface area contributed by atoms with Gasteiger partial charge in [-0.25, -0.2) is 0 Å². The predicted molar refractivity (Wildman–Crippen MR) is 46.9 cm³/mol. The smallest absolute Gasteiger partial charge is 0.304 e. The Balaban J connectivity index is 0. The van der Waals surface area contributed by atoms with Crippen LogP contribution in [0.5, 0.6) is 0 Å². The van der Waals surface area contributed by atoms with Gasteiger partial charge in [-0.1, -0.05) is 20.8 Å². The van der Waals surface area contributed by atoms with Gasteiger partial charge in [-0.2, -0.15) is 0 Å². The average Bonchev–Trinajstić information content (AvgIpc) is 1.60. The lowest BCUT2D eigenvalue weighted by Crippen LogP contribution is -2.36. The minimum atomic E-state index is -0.831. The van der Waals surface area contributed by atoms with Gasteiger partial charge in [-0.05, 0) is 5.41 Å². The molecule has 0 bridgehead atoms.